The molecule has 0 saturated carbocycles. The number of pyridine rings is 1. The number of H-pyrrole nitrogens is 1. The van der Waals surface area contributed by atoms with Gasteiger partial charge in [0.1, 0.15) is 18.0 Å². The number of piperazine rings is 1. The zero-order chi connectivity index (χ0) is 27.2. The SMILES string of the molecule is Cc1cc(Nc2cc(C)[nH]n2)nc(-c2ccc(N3CC4CC(C3)N4Cc3ccc(-n4cnc(F)c4)cc3)nc2)n1. The number of rotatable bonds is 7. The Labute approximate surface area is 230 Å². The first kappa shape index (κ1) is 24.4. The Morgan fingerprint density at radius 2 is 1.80 bits per heavy atom. The van der Waals surface area contributed by atoms with Crippen molar-refractivity contribution in [2.24, 2.45) is 0 Å². The van der Waals surface area contributed by atoms with Gasteiger partial charge in [-0.15, -0.1) is 0 Å². The van der Waals surface area contributed by atoms with Gasteiger partial charge in [-0.1, -0.05) is 12.1 Å². The van der Waals surface area contributed by atoms with E-state index in [9.17, 15) is 4.39 Å². The van der Waals surface area contributed by atoms with Crippen molar-refractivity contribution in [1.29, 1.82) is 0 Å². The van der Waals surface area contributed by atoms with E-state index in [1.54, 1.807) is 4.57 Å². The van der Waals surface area contributed by atoms with Crippen LogP contribution in [0.3, 0.4) is 0 Å². The molecule has 2 atom stereocenters. The first-order valence-corrected chi connectivity index (χ1v) is 13.4. The predicted octanol–water partition coefficient (Wildman–Crippen LogP) is 4.41. The Bertz CT molecular complexity index is 1630. The van der Waals surface area contributed by atoms with Gasteiger partial charge < -0.3 is 14.8 Å². The number of benzene rings is 1. The number of anilines is 3. The van der Waals surface area contributed by atoms with Gasteiger partial charge in [-0.3, -0.25) is 10.00 Å². The summed E-state index contributed by atoms with van der Waals surface area (Å²) in [4.78, 5) is 22.7. The predicted molar refractivity (Wildman–Crippen MR) is 150 cm³/mol. The smallest absolute Gasteiger partial charge is 0.231 e. The molecule has 0 radical (unpaired) electrons. The zero-order valence-electron chi connectivity index (χ0n) is 22.3. The maximum atomic E-state index is 13.2. The third-order valence-corrected chi connectivity index (χ3v) is 7.64. The van der Waals surface area contributed by atoms with Gasteiger partial charge in [-0.05, 0) is 50.1 Å². The minimum atomic E-state index is -0.475. The van der Waals surface area contributed by atoms with Crippen LogP contribution in [0.1, 0.15) is 23.4 Å². The number of halogens is 1. The van der Waals surface area contributed by atoms with Crippen LogP contribution in [-0.4, -0.2) is 64.8 Å². The number of aryl methyl sites for hydroxylation is 2. The molecular formula is C29H29FN10. The third kappa shape index (κ3) is 4.79. The average molecular weight is 537 g/mol. The van der Waals surface area contributed by atoms with Crippen molar-refractivity contribution >= 4 is 17.5 Å². The standard InChI is InChI=1S/C29H29FN10/c1-18-9-26(34-27-10-19(2)36-37-27)35-29(33-18)21-5-8-28(31-12-21)38-14-23-11-24(15-38)40(23)13-20-3-6-22(7-4-20)39-16-25(30)32-17-39/h3-10,12,16-17,23-24H,11,13-15H2,1-2H3,(H2,33,34,35,36,37). The van der Waals surface area contributed by atoms with E-state index < -0.39 is 5.95 Å². The van der Waals surface area contributed by atoms with Gasteiger partial charge in [0.15, 0.2) is 11.6 Å². The highest BCUT2D eigenvalue weighted by atomic mass is 19.1. The van der Waals surface area contributed by atoms with Crippen LogP contribution >= 0.6 is 0 Å². The molecule has 0 amide bonds. The van der Waals surface area contributed by atoms with Crippen LogP contribution in [0.25, 0.3) is 17.1 Å². The lowest BCUT2D eigenvalue weighted by molar-refractivity contribution is -0.00867. The number of fused-ring (bicyclic) bond motifs is 2. The monoisotopic (exact) mass is 536 g/mol. The summed E-state index contributed by atoms with van der Waals surface area (Å²) in [6.45, 7) is 6.72. The van der Waals surface area contributed by atoms with E-state index in [4.69, 9.17) is 4.98 Å². The molecule has 3 saturated heterocycles. The molecular weight excluding hydrogens is 507 g/mol. The molecule has 1 aromatic carbocycles. The van der Waals surface area contributed by atoms with Gasteiger partial charge in [0.25, 0.3) is 0 Å². The molecule has 202 valence electrons. The van der Waals surface area contributed by atoms with E-state index in [1.165, 1.54) is 24.5 Å². The summed E-state index contributed by atoms with van der Waals surface area (Å²) in [5, 5.41) is 10.4. The van der Waals surface area contributed by atoms with E-state index in [-0.39, 0.29) is 0 Å². The molecule has 2 unspecified atom stereocenters. The number of nitrogens with one attached hydrogen (secondary N) is 2. The van der Waals surface area contributed by atoms with Crippen molar-refractivity contribution in [3.05, 3.63) is 90.2 Å². The second-order valence-corrected chi connectivity index (χ2v) is 10.6. The second kappa shape index (κ2) is 9.83. The number of hydrogen-bond donors (Lipinski definition) is 2. The van der Waals surface area contributed by atoms with Crippen molar-refractivity contribution in [3.8, 4) is 17.1 Å². The topological polar surface area (TPSA) is 104 Å². The van der Waals surface area contributed by atoms with Crippen LogP contribution in [0.15, 0.2) is 67.3 Å². The van der Waals surface area contributed by atoms with Crippen molar-refractivity contribution in [2.75, 3.05) is 23.3 Å². The first-order valence-electron chi connectivity index (χ1n) is 13.4. The summed E-state index contributed by atoms with van der Waals surface area (Å²) in [6, 6.07) is 17.2. The van der Waals surface area contributed by atoms with E-state index in [2.05, 4.69) is 58.5 Å². The van der Waals surface area contributed by atoms with Gasteiger partial charge >= 0.3 is 0 Å². The Balaban J connectivity index is 0.991. The van der Waals surface area contributed by atoms with E-state index in [1.807, 2.05) is 50.4 Å². The minimum absolute atomic E-state index is 0.475. The Kier molecular flexibility index (Phi) is 6.00. The van der Waals surface area contributed by atoms with E-state index in [0.717, 1.165) is 53.9 Å². The summed E-state index contributed by atoms with van der Waals surface area (Å²) in [6.07, 6.45) is 5.95. The van der Waals surface area contributed by atoms with E-state index in [0.29, 0.717) is 23.7 Å². The molecule has 2 bridgehead atoms. The minimum Gasteiger partial charge on any atom is -0.353 e. The van der Waals surface area contributed by atoms with Crippen LogP contribution in [-0.2, 0) is 6.54 Å². The number of aromatic amines is 1. The average Bonchev–Trinajstić information content (AvgIpc) is 3.59. The molecule has 4 aromatic heterocycles. The van der Waals surface area contributed by atoms with Crippen LogP contribution in [0, 0.1) is 19.8 Å². The fourth-order valence-electron chi connectivity index (χ4n) is 5.64. The van der Waals surface area contributed by atoms with Gasteiger partial charge in [-0.2, -0.15) is 9.49 Å². The lowest BCUT2D eigenvalue weighted by atomic mass is 9.86. The Morgan fingerprint density at radius 3 is 2.48 bits per heavy atom. The second-order valence-electron chi connectivity index (χ2n) is 10.6. The lowest BCUT2D eigenvalue weighted by Gasteiger charge is -2.56. The highest BCUT2D eigenvalue weighted by molar-refractivity contribution is 5.61. The molecule has 40 heavy (non-hydrogen) atoms. The van der Waals surface area contributed by atoms with Gasteiger partial charge in [0.05, 0.1) is 6.20 Å². The van der Waals surface area contributed by atoms with Crippen LogP contribution in [0.5, 0.6) is 0 Å². The Hall–Kier alpha value is -4.64. The normalized spacial score (nSPS) is 18.5. The van der Waals surface area contributed by atoms with Crippen molar-refractivity contribution in [2.45, 2.75) is 38.9 Å². The number of aromatic nitrogens is 7. The molecule has 10 nitrogen and oxygen atoms in total. The summed E-state index contributed by atoms with van der Waals surface area (Å²) in [5.41, 5.74) is 4.88. The van der Waals surface area contributed by atoms with Crippen LogP contribution in [0.2, 0.25) is 0 Å². The molecule has 3 fully saturated rings. The maximum Gasteiger partial charge on any atom is 0.231 e. The van der Waals surface area contributed by atoms with Crippen molar-refractivity contribution < 1.29 is 4.39 Å². The van der Waals surface area contributed by atoms with Crippen LogP contribution in [0.4, 0.5) is 21.8 Å². The highest BCUT2D eigenvalue weighted by Gasteiger charge is 2.44. The summed E-state index contributed by atoms with van der Waals surface area (Å²) in [7, 11) is 0. The van der Waals surface area contributed by atoms with Gasteiger partial charge in [-0.25, -0.2) is 19.9 Å². The highest BCUT2D eigenvalue weighted by Crippen LogP contribution is 2.35. The van der Waals surface area contributed by atoms with Crippen LogP contribution < -0.4 is 10.2 Å². The molecule has 0 spiro atoms. The third-order valence-electron chi connectivity index (χ3n) is 7.64. The molecule has 3 aliphatic rings. The maximum absolute atomic E-state index is 13.2. The zero-order valence-corrected chi connectivity index (χ0v) is 22.3. The summed E-state index contributed by atoms with van der Waals surface area (Å²) in [5.74, 6) is 2.55. The summed E-state index contributed by atoms with van der Waals surface area (Å²) < 4.78 is 14.9. The molecule has 0 aliphatic carbocycles. The van der Waals surface area contributed by atoms with E-state index >= 15 is 0 Å². The quantitative estimate of drug-likeness (QED) is 0.315. The first-order chi connectivity index (χ1) is 19.5. The molecule has 8 rings (SSSR count). The number of imidazole rings is 1. The number of nitrogens with zero attached hydrogens (tertiary/aromatic N) is 8. The number of hydrogen-bond acceptors (Lipinski definition) is 8. The molecule has 7 heterocycles. The molecule has 2 N–H and O–H groups in total. The lowest BCUT2D eigenvalue weighted by Crippen LogP contribution is -2.68. The fourth-order valence-corrected chi connectivity index (χ4v) is 5.64. The number of piperidine rings is 1. The largest absolute Gasteiger partial charge is 0.353 e. The van der Waals surface area contributed by atoms with Gasteiger partial charge in [0.2, 0.25) is 5.95 Å². The molecule has 3 aliphatic heterocycles. The van der Waals surface area contributed by atoms with Crippen molar-refractivity contribution in [3.63, 3.8) is 0 Å². The van der Waals surface area contributed by atoms with Gasteiger partial charge in [0, 0.05) is 72.7 Å². The Morgan fingerprint density at radius 1 is 0.975 bits per heavy atom. The summed E-state index contributed by atoms with van der Waals surface area (Å²) >= 11 is 0. The fraction of sp³-hybridized carbons (Fsp3) is 0.276. The van der Waals surface area contributed by atoms with Crippen molar-refractivity contribution in [1.82, 2.24) is 39.6 Å². The molecule has 11 heteroatoms. The molecule has 5 aromatic rings.